The number of carbonyl (C=O) groups is 3. The fraction of sp³-hybridized carbons (Fsp3) is 0.450. The first-order valence-corrected chi connectivity index (χ1v) is 10.3. The number of carbonyl (C=O) groups excluding carboxylic acids is 1. The Hall–Kier alpha value is -3.87. The summed E-state index contributed by atoms with van der Waals surface area (Å²) >= 11 is 0. The Morgan fingerprint density at radius 2 is 2.03 bits per heavy atom. The van der Waals surface area contributed by atoms with Gasteiger partial charge in [0.15, 0.2) is 11.2 Å². The normalized spacial score (nSPS) is 18.8. The Morgan fingerprint density at radius 1 is 1.27 bits per heavy atom. The van der Waals surface area contributed by atoms with Crippen molar-refractivity contribution >= 4 is 35.0 Å². The number of nitrogens with zero attached hydrogens (tertiary/aromatic N) is 4. The summed E-state index contributed by atoms with van der Waals surface area (Å²) in [6.07, 6.45) is 5.71. The summed E-state index contributed by atoms with van der Waals surface area (Å²) in [6, 6.07) is -1.25. The van der Waals surface area contributed by atoms with Crippen LogP contribution in [0.1, 0.15) is 31.4 Å². The molecule has 2 aromatic rings. The lowest BCUT2D eigenvalue weighted by Gasteiger charge is -2.30. The zero-order chi connectivity index (χ0) is 24.1. The number of hydrogen-bond donors (Lipinski definition) is 5. The summed E-state index contributed by atoms with van der Waals surface area (Å²) in [4.78, 5) is 63.2. The van der Waals surface area contributed by atoms with Gasteiger partial charge in [-0.1, -0.05) is 12.2 Å². The Balaban J connectivity index is 1.60. The maximum Gasteiger partial charge on any atom is 0.326 e. The molecule has 1 aliphatic rings. The minimum absolute atomic E-state index is 0.00310. The van der Waals surface area contributed by atoms with Gasteiger partial charge < -0.3 is 21.3 Å². The van der Waals surface area contributed by atoms with Crippen LogP contribution in [-0.2, 0) is 20.9 Å². The summed E-state index contributed by atoms with van der Waals surface area (Å²) < 4.78 is 0. The minimum atomic E-state index is -1.27. The Kier molecular flexibility index (Phi) is 7.33. The van der Waals surface area contributed by atoms with Crippen molar-refractivity contribution in [3.63, 3.8) is 0 Å². The largest absolute Gasteiger partial charge is 0.481 e. The molecule has 0 spiro atoms. The molecule has 2 heterocycles. The van der Waals surface area contributed by atoms with Gasteiger partial charge in [-0.05, 0) is 26.3 Å². The quantitative estimate of drug-likeness (QED) is 0.302. The van der Waals surface area contributed by atoms with Crippen LogP contribution in [0.5, 0.6) is 0 Å². The molecule has 1 aliphatic carbocycles. The van der Waals surface area contributed by atoms with E-state index in [0.717, 1.165) is 0 Å². The highest BCUT2D eigenvalue weighted by molar-refractivity contribution is 5.86. The molecule has 0 bridgehead atoms. The first-order valence-electron chi connectivity index (χ1n) is 10.3. The molecule has 0 aliphatic heterocycles. The molecule has 13 nitrogen and oxygen atoms in total. The molecule has 0 saturated carbocycles. The van der Waals surface area contributed by atoms with Crippen LogP contribution in [-0.4, -0.2) is 72.0 Å². The molecule has 3 rings (SSSR count). The minimum Gasteiger partial charge on any atom is -0.481 e. The molecule has 1 amide bonds. The van der Waals surface area contributed by atoms with Crippen LogP contribution in [0.2, 0.25) is 0 Å². The van der Waals surface area contributed by atoms with Gasteiger partial charge in [0.05, 0.1) is 17.8 Å². The fourth-order valence-electron chi connectivity index (χ4n) is 3.61. The number of rotatable bonds is 9. The maximum absolute atomic E-state index is 12.5. The van der Waals surface area contributed by atoms with Crippen molar-refractivity contribution in [2.24, 2.45) is 5.92 Å². The van der Waals surface area contributed by atoms with E-state index in [-0.39, 0.29) is 36.0 Å². The molecule has 13 heteroatoms. The van der Waals surface area contributed by atoms with Gasteiger partial charge in [-0.15, -0.1) is 0 Å². The summed E-state index contributed by atoms with van der Waals surface area (Å²) in [6.45, 7) is 0.398. The molecule has 3 atom stereocenters. The first kappa shape index (κ1) is 23.8. The van der Waals surface area contributed by atoms with Gasteiger partial charge in [-0.2, -0.15) is 4.98 Å². The van der Waals surface area contributed by atoms with Crippen molar-refractivity contribution in [2.75, 3.05) is 12.8 Å². The van der Waals surface area contributed by atoms with Crippen molar-refractivity contribution in [1.29, 1.82) is 0 Å². The lowest BCUT2D eigenvalue weighted by molar-refractivity contribution is -0.143. The third-order valence-corrected chi connectivity index (χ3v) is 5.40. The van der Waals surface area contributed by atoms with Crippen LogP contribution < -0.4 is 16.6 Å². The number of nitrogens with one attached hydrogen (secondary N) is 2. The SMILES string of the molecule is CN(Cc1cnc2nc(N)[nH]c(=O)c2n1)C1C=CC(C(=O)N[C@@H](CCC(=O)O)C(=O)O)CC1. The van der Waals surface area contributed by atoms with Crippen LogP contribution in [0.3, 0.4) is 0 Å². The van der Waals surface area contributed by atoms with Gasteiger partial charge in [-0.3, -0.25) is 24.3 Å². The number of anilines is 1. The van der Waals surface area contributed by atoms with Crippen LogP contribution >= 0.6 is 0 Å². The third kappa shape index (κ3) is 6.10. The number of nitrogens with two attached hydrogens (primary N) is 1. The predicted octanol–water partition coefficient (Wildman–Crippen LogP) is -0.504. The van der Waals surface area contributed by atoms with E-state index in [1.54, 1.807) is 6.08 Å². The molecule has 0 aromatic carbocycles. The number of carboxylic acids is 2. The number of amides is 1. The van der Waals surface area contributed by atoms with Gasteiger partial charge in [0.1, 0.15) is 6.04 Å². The zero-order valence-corrected chi connectivity index (χ0v) is 17.9. The number of aliphatic carboxylic acids is 2. The maximum atomic E-state index is 12.5. The van der Waals surface area contributed by atoms with E-state index in [0.29, 0.717) is 25.1 Å². The smallest absolute Gasteiger partial charge is 0.326 e. The lowest BCUT2D eigenvalue weighted by Crippen LogP contribution is -2.44. The molecule has 33 heavy (non-hydrogen) atoms. The average Bonchev–Trinajstić information content (AvgIpc) is 2.76. The summed E-state index contributed by atoms with van der Waals surface area (Å²) in [5.74, 6) is -3.38. The monoisotopic (exact) mass is 459 g/mol. The second-order valence-electron chi connectivity index (χ2n) is 7.87. The number of fused-ring (bicyclic) bond motifs is 1. The first-order chi connectivity index (χ1) is 15.6. The molecule has 2 unspecified atom stereocenters. The summed E-state index contributed by atoms with van der Waals surface area (Å²) in [5.41, 5.74) is 5.87. The van der Waals surface area contributed by atoms with Crippen LogP contribution in [0.15, 0.2) is 23.1 Å². The fourth-order valence-corrected chi connectivity index (χ4v) is 3.61. The van der Waals surface area contributed by atoms with E-state index < -0.39 is 35.4 Å². The molecule has 176 valence electrons. The van der Waals surface area contributed by atoms with Crippen molar-refractivity contribution in [3.8, 4) is 0 Å². The Bertz CT molecular complexity index is 1150. The number of nitrogen functional groups attached to an aromatic ring is 1. The van der Waals surface area contributed by atoms with E-state index in [1.165, 1.54) is 6.20 Å². The van der Waals surface area contributed by atoms with E-state index >= 15 is 0 Å². The van der Waals surface area contributed by atoms with Crippen LogP contribution in [0.25, 0.3) is 11.2 Å². The lowest BCUT2D eigenvalue weighted by atomic mass is 9.91. The van der Waals surface area contributed by atoms with Gasteiger partial charge in [0, 0.05) is 19.0 Å². The molecule has 6 N–H and O–H groups in total. The van der Waals surface area contributed by atoms with Gasteiger partial charge in [0.25, 0.3) is 5.56 Å². The number of aromatic nitrogens is 4. The van der Waals surface area contributed by atoms with Crippen molar-refractivity contribution in [2.45, 2.75) is 44.3 Å². The highest BCUT2D eigenvalue weighted by atomic mass is 16.4. The highest BCUT2D eigenvalue weighted by Crippen LogP contribution is 2.22. The van der Waals surface area contributed by atoms with Gasteiger partial charge in [-0.25, -0.2) is 14.8 Å². The molecular formula is C20H25N7O6. The number of hydrogen-bond acceptors (Lipinski definition) is 9. The van der Waals surface area contributed by atoms with E-state index in [4.69, 9.17) is 10.8 Å². The topological polar surface area (TPSA) is 204 Å². The van der Waals surface area contributed by atoms with Crippen molar-refractivity contribution in [1.82, 2.24) is 30.2 Å². The van der Waals surface area contributed by atoms with E-state index in [2.05, 4.69) is 25.3 Å². The molecular weight excluding hydrogens is 434 g/mol. The number of aromatic amines is 1. The van der Waals surface area contributed by atoms with Gasteiger partial charge >= 0.3 is 11.9 Å². The molecule has 0 saturated heterocycles. The summed E-state index contributed by atoms with van der Waals surface area (Å²) in [5, 5.41) is 20.4. The third-order valence-electron chi connectivity index (χ3n) is 5.40. The van der Waals surface area contributed by atoms with E-state index in [9.17, 15) is 24.3 Å². The predicted molar refractivity (Wildman–Crippen MR) is 116 cm³/mol. The van der Waals surface area contributed by atoms with E-state index in [1.807, 2.05) is 18.0 Å². The van der Waals surface area contributed by atoms with Gasteiger partial charge in [0.2, 0.25) is 11.9 Å². The summed E-state index contributed by atoms with van der Waals surface area (Å²) in [7, 11) is 1.87. The standard InChI is InChI=1S/C20H25N7O6/c1-27(9-11-8-22-16-15(23-11)18(31)26-20(21)25-16)12-4-2-10(3-5-12)17(30)24-13(19(32)33)6-7-14(28)29/h2,4,8,10,12-13H,3,5-7,9H2,1H3,(H,24,30)(H,28,29)(H,32,33)(H3,21,22,25,26,31)/t10?,12?,13-/m0/s1. The number of carboxylic acid groups (broad SMARTS) is 2. The number of likely N-dealkylation sites (N-methyl/N-ethyl adjacent to an activating group) is 1. The van der Waals surface area contributed by atoms with Crippen molar-refractivity contribution in [3.05, 3.63) is 34.4 Å². The highest BCUT2D eigenvalue weighted by Gasteiger charge is 2.28. The molecule has 0 radical (unpaired) electrons. The zero-order valence-electron chi connectivity index (χ0n) is 17.9. The van der Waals surface area contributed by atoms with Crippen molar-refractivity contribution < 1.29 is 24.6 Å². The Morgan fingerprint density at radius 3 is 2.67 bits per heavy atom. The second-order valence-corrected chi connectivity index (χ2v) is 7.87. The molecule has 2 aromatic heterocycles. The second kappa shape index (κ2) is 10.2. The molecule has 0 fully saturated rings. The number of H-pyrrole nitrogens is 1. The van der Waals surface area contributed by atoms with Crippen LogP contribution in [0, 0.1) is 5.92 Å². The average molecular weight is 459 g/mol. The Labute approximate surface area is 187 Å². The van der Waals surface area contributed by atoms with Crippen LogP contribution in [0.4, 0.5) is 5.95 Å².